The van der Waals surface area contributed by atoms with Crippen LogP contribution in [0.1, 0.15) is 0 Å². The highest BCUT2D eigenvalue weighted by molar-refractivity contribution is 8.50. The zero-order valence-corrected chi connectivity index (χ0v) is 13.5. The van der Waals surface area contributed by atoms with E-state index >= 15 is 0 Å². The van der Waals surface area contributed by atoms with Crippen LogP contribution in [-0.4, -0.2) is 35.9 Å². The summed E-state index contributed by atoms with van der Waals surface area (Å²) >= 11 is 18.6. The van der Waals surface area contributed by atoms with Crippen molar-refractivity contribution in [3.05, 3.63) is 0 Å². The first-order valence-corrected chi connectivity index (χ1v) is 10.5. The van der Waals surface area contributed by atoms with E-state index in [2.05, 4.69) is 60.5 Å². The molecular weight excluding hydrogens is 309 g/mol. The van der Waals surface area contributed by atoms with Gasteiger partial charge in [-0.25, -0.2) is 0 Å². The highest BCUT2D eigenvalue weighted by Crippen LogP contribution is 2.59. The lowest BCUT2D eigenvalue weighted by Gasteiger charge is -2.24. The number of hydrogen-bond acceptors (Lipinski definition) is 7. The quantitative estimate of drug-likeness (QED) is 0.411. The van der Waals surface area contributed by atoms with Crippen LogP contribution in [0, 0.1) is 0 Å². The predicted octanol–water partition coefficient (Wildman–Crippen LogP) is 4.05. The molecule has 0 aliphatic carbocycles. The fourth-order valence-corrected chi connectivity index (χ4v) is 10.00. The Morgan fingerprint density at radius 3 is 2.29 bits per heavy atom. The molecule has 0 radical (unpaired) electrons. The molecule has 0 bridgehead atoms. The van der Waals surface area contributed by atoms with Crippen molar-refractivity contribution in [3.63, 3.8) is 0 Å². The summed E-state index contributed by atoms with van der Waals surface area (Å²) in [4.78, 5) is 0. The first-order chi connectivity index (χ1) is 6.83. The Morgan fingerprint density at radius 2 is 1.71 bits per heavy atom. The lowest BCUT2D eigenvalue weighted by Crippen LogP contribution is -2.07. The fraction of sp³-hybridized carbons (Fsp3) is 1.00. The van der Waals surface area contributed by atoms with Crippen LogP contribution in [0.4, 0.5) is 0 Å². The van der Waals surface area contributed by atoms with Gasteiger partial charge in [-0.05, 0) is 0 Å². The molecule has 0 saturated carbocycles. The molecule has 0 aromatic heterocycles. The van der Waals surface area contributed by atoms with Gasteiger partial charge in [-0.1, -0.05) is 0 Å². The summed E-state index contributed by atoms with van der Waals surface area (Å²) in [5.74, 6) is 5.02. The predicted molar refractivity (Wildman–Crippen MR) is 87.9 cm³/mol. The number of hydrogen-bond donors (Lipinski definition) is 2. The minimum Gasteiger partial charge on any atom is -0.168 e. The van der Waals surface area contributed by atoms with Crippen molar-refractivity contribution in [1.82, 2.24) is 0 Å². The summed E-state index contributed by atoms with van der Waals surface area (Å²) < 4.78 is 0.346. The number of thioether (sulfide) groups is 5. The topological polar surface area (TPSA) is 0 Å². The van der Waals surface area contributed by atoms with Crippen molar-refractivity contribution in [3.8, 4) is 0 Å². The van der Waals surface area contributed by atoms with Crippen molar-refractivity contribution in [1.29, 1.82) is 0 Å². The van der Waals surface area contributed by atoms with Crippen LogP contribution in [0.15, 0.2) is 0 Å². The molecule has 0 unspecified atom stereocenters. The molecule has 0 spiro atoms. The summed E-state index contributed by atoms with van der Waals surface area (Å²) in [5, 5.41) is 1.86. The van der Waals surface area contributed by atoms with E-state index in [9.17, 15) is 0 Å². The van der Waals surface area contributed by atoms with Gasteiger partial charge in [0.05, 0.1) is 0 Å². The summed E-state index contributed by atoms with van der Waals surface area (Å²) in [5.41, 5.74) is 0. The van der Waals surface area contributed by atoms with Crippen LogP contribution in [0.2, 0.25) is 0 Å². The molecule has 0 N–H and O–H groups in total. The molecule has 0 amide bonds. The van der Waals surface area contributed by atoms with Gasteiger partial charge in [0, 0.05) is 33.2 Å². The van der Waals surface area contributed by atoms with Crippen LogP contribution in [0.3, 0.4) is 0 Å². The van der Waals surface area contributed by atoms with Gasteiger partial charge in [-0.3, -0.25) is 0 Å². The molecule has 1 heterocycles. The summed E-state index contributed by atoms with van der Waals surface area (Å²) in [6.07, 6.45) is 0. The summed E-state index contributed by atoms with van der Waals surface area (Å²) in [7, 11) is 0. The van der Waals surface area contributed by atoms with Crippen molar-refractivity contribution < 1.29 is 0 Å². The molecule has 0 aromatic rings. The van der Waals surface area contributed by atoms with E-state index in [0.29, 0.717) is 2.74 Å². The zero-order chi connectivity index (χ0) is 10.3. The molecule has 0 atom stereocenters. The minimum atomic E-state index is 0.346. The maximum absolute atomic E-state index is 4.32. The van der Waals surface area contributed by atoms with E-state index in [4.69, 9.17) is 0 Å². The van der Waals surface area contributed by atoms with Gasteiger partial charge >= 0.3 is 0 Å². The molecule has 0 aromatic carbocycles. The molecule has 1 aliphatic heterocycles. The van der Waals surface area contributed by atoms with Crippen LogP contribution < -0.4 is 0 Å². The molecule has 14 heavy (non-hydrogen) atoms. The van der Waals surface area contributed by atoms with Crippen molar-refractivity contribution in [2.75, 3.05) is 33.2 Å². The van der Waals surface area contributed by atoms with E-state index in [-0.39, 0.29) is 0 Å². The van der Waals surface area contributed by atoms with Gasteiger partial charge in [0.2, 0.25) is 0 Å². The van der Waals surface area contributed by atoms with Crippen LogP contribution in [0.5, 0.6) is 0 Å². The Hall–Kier alpha value is 2.45. The average molecular weight is 323 g/mol. The smallest absolute Gasteiger partial charge is 0.154 e. The lowest BCUT2D eigenvalue weighted by molar-refractivity contribution is 1.54. The van der Waals surface area contributed by atoms with E-state index in [0.717, 1.165) is 10.2 Å². The fourth-order valence-electron chi connectivity index (χ4n) is 0.953. The SMILES string of the molecule is SCSCCSC1(SCS)SCCS1. The molecule has 7 heteroatoms. The first-order valence-electron chi connectivity index (χ1n) is 4.18. The van der Waals surface area contributed by atoms with Gasteiger partial charge in [-0.2, -0.15) is 37.0 Å². The first kappa shape index (κ1) is 14.5. The Bertz CT molecular complexity index is 145. The monoisotopic (exact) mass is 322 g/mol. The minimum absolute atomic E-state index is 0.346. The summed E-state index contributed by atoms with van der Waals surface area (Å²) in [6, 6.07) is 0. The van der Waals surface area contributed by atoms with Crippen LogP contribution in [0.25, 0.3) is 0 Å². The van der Waals surface area contributed by atoms with Crippen molar-refractivity contribution in [2.24, 2.45) is 0 Å². The normalized spacial score (nSPS) is 20.1. The van der Waals surface area contributed by atoms with E-state index in [1.165, 1.54) is 23.0 Å². The third kappa shape index (κ3) is 5.19. The van der Waals surface area contributed by atoms with E-state index in [1.54, 1.807) is 0 Å². The van der Waals surface area contributed by atoms with Gasteiger partial charge in [0.15, 0.2) is 2.74 Å². The second-order valence-electron chi connectivity index (χ2n) is 2.36. The Morgan fingerprint density at radius 1 is 1.00 bits per heavy atom. The van der Waals surface area contributed by atoms with Gasteiger partial charge < -0.3 is 0 Å². The zero-order valence-electron chi connectivity index (χ0n) is 7.68. The van der Waals surface area contributed by atoms with Gasteiger partial charge in [0.25, 0.3) is 0 Å². The van der Waals surface area contributed by atoms with Crippen LogP contribution in [-0.2, 0) is 0 Å². The molecular formula is C7H14S7. The molecule has 1 aliphatic rings. The average Bonchev–Trinajstić information content (AvgIpc) is 2.63. The third-order valence-electron chi connectivity index (χ3n) is 1.48. The maximum atomic E-state index is 4.32. The Balaban J connectivity index is 2.21. The molecule has 1 rings (SSSR count). The lowest BCUT2D eigenvalue weighted by atomic mass is 11.0. The Kier molecular flexibility index (Phi) is 8.84. The third-order valence-corrected chi connectivity index (χ3v) is 10.6. The second-order valence-corrected chi connectivity index (χ2v) is 11.6. The molecule has 84 valence electrons. The van der Waals surface area contributed by atoms with Crippen LogP contribution >= 0.6 is 84.1 Å². The van der Waals surface area contributed by atoms with E-state index < -0.39 is 0 Å². The second kappa shape index (κ2) is 8.53. The van der Waals surface area contributed by atoms with Crippen molar-refractivity contribution in [2.45, 2.75) is 2.74 Å². The van der Waals surface area contributed by atoms with Gasteiger partial charge in [0.1, 0.15) is 0 Å². The summed E-state index contributed by atoms with van der Waals surface area (Å²) in [6.45, 7) is 0. The Labute approximate surface area is 119 Å². The number of thiol groups is 2. The standard InChI is InChI=1S/C7H14S7/c8-5-10-1-2-11-7(14-6-9)12-3-4-13-7/h8-9H,1-6H2. The van der Waals surface area contributed by atoms with E-state index in [1.807, 2.05) is 23.5 Å². The molecule has 1 fully saturated rings. The highest BCUT2D eigenvalue weighted by atomic mass is 32.3. The largest absolute Gasteiger partial charge is 0.168 e. The highest BCUT2D eigenvalue weighted by Gasteiger charge is 2.36. The van der Waals surface area contributed by atoms with Gasteiger partial charge in [-0.15, -0.1) is 47.0 Å². The molecule has 1 saturated heterocycles. The maximum Gasteiger partial charge on any atom is 0.154 e. The molecule has 0 nitrogen and oxygen atoms in total. The number of rotatable bonds is 7. The van der Waals surface area contributed by atoms with Crippen molar-refractivity contribution >= 4 is 84.1 Å².